The Hall–Kier alpha value is -2.76. The van der Waals surface area contributed by atoms with Crippen LogP contribution in [0.25, 0.3) is 22.6 Å². The highest BCUT2D eigenvalue weighted by Gasteiger charge is 2.17. The first-order valence-electron chi connectivity index (χ1n) is 5.86. The van der Waals surface area contributed by atoms with E-state index < -0.39 is 10.7 Å². The fourth-order valence-electron chi connectivity index (χ4n) is 1.94. The Kier molecular flexibility index (Phi) is 2.71. The molecule has 0 aliphatic heterocycles. The van der Waals surface area contributed by atoms with Crippen molar-refractivity contribution in [2.75, 3.05) is 0 Å². The van der Waals surface area contributed by atoms with Gasteiger partial charge in [0.2, 0.25) is 5.89 Å². The van der Waals surface area contributed by atoms with Crippen molar-refractivity contribution in [2.24, 2.45) is 0 Å². The molecule has 0 saturated heterocycles. The molecule has 6 heteroatoms. The van der Waals surface area contributed by atoms with Crippen molar-refractivity contribution in [1.82, 2.24) is 4.98 Å². The van der Waals surface area contributed by atoms with E-state index in [0.29, 0.717) is 11.1 Å². The number of hydrogen-bond donors (Lipinski definition) is 0. The van der Waals surface area contributed by atoms with Crippen LogP contribution in [0.2, 0.25) is 0 Å². The zero-order chi connectivity index (χ0) is 14.3. The summed E-state index contributed by atoms with van der Waals surface area (Å²) in [6.07, 6.45) is 0. The smallest absolute Gasteiger partial charge is 0.270 e. The van der Waals surface area contributed by atoms with E-state index in [-0.39, 0.29) is 17.1 Å². The average molecular weight is 272 g/mol. The molecular formula is C14H9FN2O3. The molecule has 0 radical (unpaired) electrons. The van der Waals surface area contributed by atoms with Crippen molar-refractivity contribution in [3.8, 4) is 11.5 Å². The lowest BCUT2D eigenvalue weighted by molar-refractivity contribution is -0.384. The molecule has 0 atom stereocenters. The Balaban J connectivity index is 2.19. The second kappa shape index (κ2) is 4.41. The summed E-state index contributed by atoms with van der Waals surface area (Å²) in [6, 6.07) is 8.64. The van der Waals surface area contributed by atoms with E-state index in [1.54, 1.807) is 12.1 Å². The molecule has 20 heavy (non-hydrogen) atoms. The number of non-ortho nitro benzene ring substituents is 1. The Morgan fingerprint density at radius 3 is 2.80 bits per heavy atom. The highest BCUT2D eigenvalue weighted by molar-refractivity contribution is 5.77. The van der Waals surface area contributed by atoms with Crippen LogP contribution in [-0.2, 0) is 0 Å². The molecule has 3 rings (SSSR count). The Morgan fingerprint density at radius 2 is 2.05 bits per heavy atom. The van der Waals surface area contributed by atoms with Crippen molar-refractivity contribution in [3.05, 3.63) is 57.9 Å². The molecule has 1 aromatic heterocycles. The second-order valence-electron chi connectivity index (χ2n) is 4.41. The van der Waals surface area contributed by atoms with Crippen LogP contribution in [0.4, 0.5) is 10.1 Å². The van der Waals surface area contributed by atoms with E-state index in [4.69, 9.17) is 4.42 Å². The van der Waals surface area contributed by atoms with Crippen LogP contribution in [0, 0.1) is 22.9 Å². The largest absolute Gasteiger partial charge is 0.436 e. The number of aromatic nitrogens is 1. The topological polar surface area (TPSA) is 69.2 Å². The van der Waals surface area contributed by atoms with Gasteiger partial charge in [0.1, 0.15) is 11.3 Å². The minimum absolute atomic E-state index is 0.0203. The standard InChI is InChI=1S/C14H9FN2O3/c1-8-2-5-13-12(6-8)16-14(20-13)10-7-9(17(18)19)3-4-11(10)15/h2-7H,1H3. The van der Waals surface area contributed by atoms with Gasteiger partial charge < -0.3 is 4.42 Å². The third kappa shape index (κ3) is 2.01. The third-order valence-electron chi connectivity index (χ3n) is 2.93. The van der Waals surface area contributed by atoms with E-state index in [9.17, 15) is 14.5 Å². The van der Waals surface area contributed by atoms with E-state index in [0.717, 1.165) is 23.8 Å². The first-order chi connectivity index (χ1) is 9.54. The summed E-state index contributed by atoms with van der Waals surface area (Å²) in [7, 11) is 0. The first kappa shape index (κ1) is 12.3. The minimum Gasteiger partial charge on any atom is -0.436 e. The van der Waals surface area contributed by atoms with Gasteiger partial charge in [0.15, 0.2) is 5.58 Å². The maximum atomic E-state index is 13.8. The molecule has 5 nitrogen and oxygen atoms in total. The first-order valence-corrected chi connectivity index (χ1v) is 5.86. The molecule has 0 fully saturated rings. The summed E-state index contributed by atoms with van der Waals surface area (Å²) in [4.78, 5) is 14.3. The Morgan fingerprint density at radius 1 is 1.25 bits per heavy atom. The van der Waals surface area contributed by atoms with Crippen LogP contribution in [-0.4, -0.2) is 9.91 Å². The molecule has 2 aromatic carbocycles. The van der Waals surface area contributed by atoms with Crippen LogP contribution in [0.3, 0.4) is 0 Å². The minimum atomic E-state index is -0.612. The molecule has 1 heterocycles. The summed E-state index contributed by atoms with van der Waals surface area (Å²) in [5, 5.41) is 10.7. The SMILES string of the molecule is Cc1ccc2oc(-c3cc([N+](=O)[O-])ccc3F)nc2c1. The molecule has 0 aliphatic carbocycles. The van der Waals surface area contributed by atoms with Gasteiger partial charge in [-0.25, -0.2) is 9.37 Å². The van der Waals surface area contributed by atoms with Gasteiger partial charge in [0.05, 0.1) is 10.5 Å². The number of nitrogens with zero attached hydrogens (tertiary/aromatic N) is 2. The third-order valence-corrected chi connectivity index (χ3v) is 2.93. The maximum Gasteiger partial charge on any atom is 0.270 e. The predicted octanol–water partition coefficient (Wildman–Crippen LogP) is 3.85. The lowest BCUT2D eigenvalue weighted by Gasteiger charge is -1.97. The zero-order valence-corrected chi connectivity index (χ0v) is 10.5. The summed E-state index contributed by atoms with van der Waals surface area (Å²) in [5.41, 5.74) is 1.87. The molecule has 0 amide bonds. The van der Waals surface area contributed by atoms with Gasteiger partial charge in [-0.1, -0.05) is 6.07 Å². The summed E-state index contributed by atoms with van der Waals surface area (Å²) < 4.78 is 19.3. The number of halogens is 1. The van der Waals surface area contributed by atoms with E-state index in [1.165, 1.54) is 0 Å². The average Bonchev–Trinajstić information content (AvgIpc) is 2.81. The maximum absolute atomic E-state index is 13.8. The number of nitro groups is 1. The number of aryl methyl sites for hydroxylation is 1. The van der Waals surface area contributed by atoms with Gasteiger partial charge in [-0.2, -0.15) is 0 Å². The Labute approximate surface area is 112 Å². The molecule has 100 valence electrons. The highest BCUT2D eigenvalue weighted by Crippen LogP contribution is 2.29. The molecule has 0 unspecified atom stereocenters. The van der Waals surface area contributed by atoms with Crippen molar-refractivity contribution in [1.29, 1.82) is 0 Å². The summed E-state index contributed by atoms with van der Waals surface area (Å²) in [6.45, 7) is 1.90. The predicted molar refractivity (Wildman–Crippen MR) is 70.8 cm³/mol. The second-order valence-corrected chi connectivity index (χ2v) is 4.41. The van der Waals surface area contributed by atoms with E-state index in [2.05, 4.69) is 4.98 Å². The number of fused-ring (bicyclic) bond motifs is 1. The molecule has 0 spiro atoms. The molecular weight excluding hydrogens is 263 g/mol. The molecule has 0 aliphatic rings. The normalized spacial score (nSPS) is 10.9. The van der Waals surface area contributed by atoms with Crippen LogP contribution in [0.15, 0.2) is 40.8 Å². The number of rotatable bonds is 2. The zero-order valence-electron chi connectivity index (χ0n) is 10.5. The van der Waals surface area contributed by atoms with Crippen LogP contribution in [0.5, 0.6) is 0 Å². The lowest BCUT2D eigenvalue weighted by atomic mass is 10.2. The van der Waals surface area contributed by atoms with Crippen LogP contribution >= 0.6 is 0 Å². The van der Waals surface area contributed by atoms with Crippen molar-refractivity contribution >= 4 is 16.8 Å². The molecule has 0 bridgehead atoms. The number of nitro benzene ring substituents is 1. The molecule has 3 aromatic rings. The van der Waals surface area contributed by atoms with Gasteiger partial charge in [0.25, 0.3) is 5.69 Å². The highest BCUT2D eigenvalue weighted by atomic mass is 19.1. The fourth-order valence-corrected chi connectivity index (χ4v) is 1.94. The Bertz CT molecular complexity index is 826. The van der Waals surface area contributed by atoms with Gasteiger partial charge in [-0.05, 0) is 30.7 Å². The quantitative estimate of drug-likeness (QED) is 0.524. The van der Waals surface area contributed by atoms with Gasteiger partial charge in [-0.3, -0.25) is 10.1 Å². The molecule has 0 N–H and O–H groups in total. The lowest BCUT2D eigenvalue weighted by Crippen LogP contribution is -1.91. The monoisotopic (exact) mass is 272 g/mol. The number of oxazole rings is 1. The number of hydrogen-bond acceptors (Lipinski definition) is 4. The summed E-state index contributed by atoms with van der Waals surface area (Å²) >= 11 is 0. The van der Waals surface area contributed by atoms with Crippen molar-refractivity contribution < 1.29 is 13.7 Å². The van der Waals surface area contributed by atoms with Gasteiger partial charge >= 0.3 is 0 Å². The van der Waals surface area contributed by atoms with Crippen LogP contribution < -0.4 is 0 Å². The van der Waals surface area contributed by atoms with Gasteiger partial charge in [-0.15, -0.1) is 0 Å². The molecule has 0 saturated carbocycles. The van der Waals surface area contributed by atoms with E-state index >= 15 is 0 Å². The summed E-state index contributed by atoms with van der Waals surface area (Å²) in [5.74, 6) is -0.578. The van der Waals surface area contributed by atoms with Crippen LogP contribution in [0.1, 0.15) is 5.56 Å². The number of benzene rings is 2. The van der Waals surface area contributed by atoms with Crippen molar-refractivity contribution in [3.63, 3.8) is 0 Å². The van der Waals surface area contributed by atoms with E-state index in [1.807, 2.05) is 13.0 Å². The van der Waals surface area contributed by atoms with Crippen molar-refractivity contribution in [2.45, 2.75) is 6.92 Å². The fraction of sp³-hybridized carbons (Fsp3) is 0.0714. The van der Waals surface area contributed by atoms with Gasteiger partial charge in [0, 0.05) is 12.1 Å².